The molecule has 3 aliphatic heterocycles. The molecule has 8 heteroatoms. The van der Waals surface area contributed by atoms with Gasteiger partial charge in [0.25, 0.3) is 0 Å². The Labute approximate surface area is 205 Å². The number of furan rings is 1. The Morgan fingerprint density at radius 3 is 2.46 bits per heavy atom. The molecule has 192 valence electrons. The number of cyclic esters (lactones) is 1. The highest BCUT2D eigenvalue weighted by atomic mass is 16.7. The minimum absolute atomic E-state index is 0.00415. The number of hydrogen-bond donors (Lipinski definition) is 1. The van der Waals surface area contributed by atoms with Crippen molar-refractivity contribution in [1.29, 1.82) is 0 Å². The summed E-state index contributed by atoms with van der Waals surface area (Å²) in [5.74, 6) is -2.23. The molecule has 2 saturated carbocycles. The number of ketones is 1. The molecule has 0 unspecified atom stereocenters. The number of carbonyl (C=O) groups is 2. The van der Waals surface area contributed by atoms with Crippen LogP contribution in [0.5, 0.6) is 0 Å². The number of carbonyl (C=O) groups excluding carboxylic acids is 2. The van der Waals surface area contributed by atoms with Crippen LogP contribution in [-0.2, 0) is 28.5 Å². The van der Waals surface area contributed by atoms with Gasteiger partial charge in [0.1, 0.15) is 17.5 Å². The van der Waals surface area contributed by atoms with Gasteiger partial charge in [0.15, 0.2) is 11.9 Å². The van der Waals surface area contributed by atoms with E-state index in [0.29, 0.717) is 18.6 Å². The Kier molecular flexibility index (Phi) is 4.44. The van der Waals surface area contributed by atoms with E-state index in [4.69, 9.17) is 23.4 Å². The Morgan fingerprint density at radius 1 is 1.11 bits per heavy atom. The molecule has 0 bridgehead atoms. The molecule has 0 aromatic carbocycles. The topological polar surface area (TPSA) is 108 Å². The van der Waals surface area contributed by atoms with E-state index in [-0.39, 0.29) is 18.1 Å². The van der Waals surface area contributed by atoms with Gasteiger partial charge in [-0.2, -0.15) is 0 Å². The summed E-state index contributed by atoms with van der Waals surface area (Å²) in [4.78, 5) is 27.5. The van der Waals surface area contributed by atoms with Crippen LogP contribution in [0.2, 0.25) is 0 Å². The van der Waals surface area contributed by atoms with Crippen molar-refractivity contribution in [1.82, 2.24) is 0 Å². The molecule has 10 atom stereocenters. The summed E-state index contributed by atoms with van der Waals surface area (Å²) in [5, 5.41) is 12.0. The predicted octanol–water partition coefficient (Wildman–Crippen LogP) is 3.57. The minimum atomic E-state index is -1.15. The Bertz CT molecular complexity index is 1100. The maximum absolute atomic E-state index is 14.3. The lowest BCUT2D eigenvalue weighted by molar-refractivity contribution is -0.306. The lowest BCUT2D eigenvalue weighted by atomic mass is 9.36. The van der Waals surface area contributed by atoms with Gasteiger partial charge in [-0.25, -0.2) is 4.79 Å². The first kappa shape index (κ1) is 23.6. The van der Waals surface area contributed by atoms with Crippen LogP contribution < -0.4 is 0 Å². The van der Waals surface area contributed by atoms with Crippen LogP contribution in [0.15, 0.2) is 23.0 Å². The third kappa shape index (κ3) is 2.34. The molecule has 6 rings (SSSR count). The van der Waals surface area contributed by atoms with E-state index in [1.165, 1.54) is 6.26 Å². The monoisotopic (exact) mass is 488 g/mol. The molecule has 35 heavy (non-hydrogen) atoms. The highest BCUT2D eigenvalue weighted by Crippen LogP contribution is 2.80. The van der Waals surface area contributed by atoms with Gasteiger partial charge in [-0.15, -0.1) is 0 Å². The highest BCUT2D eigenvalue weighted by Gasteiger charge is 2.91. The van der Waals surface area contributed by atoms with Crippen LogP contribution in [0.3, 0.4) is 0 Å². The van der Waals surface area contributed by atoms with Crippen LogP contribution in [0.25, 0.3) is 0 Å². The normalized spacial score (nSPS) is 53.8. The molecule has 1 N–H and O–H groups in total. The number of esters is 1. The fraction of sp³-hybridized carbons (Fsp3) is 0.778. The standard InChI is InChI=1S/C27H36O8/c1-8-32-26(7)24(5)16(22(2,3)35-26)11-17(29)25(6)18(24)15(28)12-23(4)19(14-9-10-31-13-14)33-21(30)20-27(23,25)34-20/h9-10,13,15-16,18-20,28H,8,11-12H2,1-7H3/t15-,16-,18+,19-,20+,23-,24-,25+,26-,27+/m0/s1. The van der Waals surface area contributed by atoms with Crippen molar-refractivity contribution < 1.29 is 38.1 Å². The van der Waals surface area contributed by atoms with Crippen LogP contribution in [0.1, 0.15) is 73.0 Å². The summed E-state index contributed by atoms with van der Waals surface area (Å²) < 4.78 is 30.4. The van der Waals surface area contributed by atoms with Crippen LogP contribution in [0, 0.1) is 28.1 Å². The molecule has 1 aromatic rings. The number of aliphatic hydroxyl groups excluding tert-OH is 1. The van der Waals surface area contributed by atoms with E-state index in [9.17, 15) is 14.7 Å². The van der Waals surface area contributed by atoms with E-state index in [1.54, 1.807) is 12.3 Å². The molecule has 1 spiro atoms. The van der Waals surface area contributed by atoms with Crippen molar-refractivity contribution in [2.45, 2.75) is 96.6 Å². The first-order chi connectivity index (χ1) is 16.2. The van der Waals surface area contributed by atoms with E-state index >= 15 is 0 Å². The first-order valence-electron chi connectivity index (χ1n) is 12.7. The zero-order valence-corrected chi connectivity index (χ0v) is 21.5. The molecule has 1 aromatic heterocycles. The van der Waals surface area contributed by atoms with E-state index in [2.05, 4.69) is 6.92 Å². The highest BCUT2D eigenvalue weighted by molar-refractivity contribution is 5.93. The summed E-state index contributed by atoms with van der Waals surface area (Å²) in [6.07, 6.45) is 1.21. The van der Waals surface area contributed by atoms with Crippen LogP contribution in [-0.4, -0.2) is 52.7 Å². The number of aliphatic hydroxyl groups is 1. The Balaban J connectivity index is 1.57. The van der Waals surface area contributed by atoms with Crippen molar-refractivity contribution in [2.75, 3.05) is 6.61 Å². The second kappa shape index (κ2) is 6.57. The van der Waals surface area contributed by atoms with Gasteiger partial charge >= 0.3 is 5.97 Å². The van der Waals surface area contributed by atoms with Crippen molar-refractivity contribution in [2.24, 2.45) is 28.1 Å². The summed E-state index contributed by atoms with van der Waals surface area (Å²) in [7, 11) is 0. The number of fused-ring (bicyclic) bond motifs is 3. The molecule has 8 nitrogen and oxygen atoms in total. The molecule has 3 saturated heterocycles. The van der Waals surface area contributed by atoms with Crippen molar-refractivity contribution >= 4 is 11.8 Å². The maximum Gasteiger partial charge on any atom is 0.339 e. The molecule has 4 heterocycles. The van der Waals surface area contributed by atoms with Gasteiger partial charge < -0.3 is 28.5 Å². The lowest BCUT2D eigenvalue weighted by Gasteiger charge is -2.66. The number of hydrogen-bond acceptors (Lipinski definition) is 8. The van der Waals surface area contributed by atoms with Crippen LogP contribution >= 0.6 is 0 Å². The molecule has 2 aliphatic carbocycles. The first-order valence-corrected chi connectivity index (χ1v) is 12.7. The predicted molar refractivity (Wildman–Crippen MR) is 122 cm³/mol. The van der Waals surface area contributed by atoms with Crippen molar-refractivity contribution in [3.8, 4) is 0 Å². The molecule has 0 radical (unpaired) electrons. The lowest BCUT2D eigenvalue weighted by Crippen LogP contribution is -2.75. The fourth-order valence-electron chi connectivity index (χ4n) is 9.49. The SMILES string of the molecule is CCO[C@@]1(C)OC(C)(C)[C@@H]2CC(=O)[C@]3(C)[C@H]([C@@H](O)C[C@@]4(C)[C@H](c5ccoc5)OC(=O)[C@H]5O[C@]543)[C@]21C. The van der Waals surface area contributed by atoms with Gasteiger partial charge in [-0.3, -0.25) is 4.79 Å². The van der Waals surface area contributed by atoms with Gasteiger partial charge in [-0.05, 0) is 47.1 Å². The fourth-order valence-corrected chi connectivity index (χ4v) is 9.49. The molecule has 5 fully saturated rings. The Morgan fingerprint density at radius 2 is 1.83 bits per heavy atom. The van der Waals surface area contributed by atoms with Crippen LogP contribution in [0.4, 0.5) is 0 Å². The second-order valence-corrected chi connectivity index (χ2v) is 12.5. The zero-order valence-electron chi connectivity index (χ0n) is 21.5. The smallest absolute Gasteiger partial charge is 0.339 e. The summed E-state index contributed by atoms with van der Waals surface area (Å²) in [6, 6.07) is 1.76. The van der Waals surface area contributed by atoms with E-state index < -0.39 is 63.4 Å². The average molecular weight is 489 g/mol. The van der Waals surface area contributed by atoms with Gasteiger partial charge in [0.05, 0.1) is 29.6 Å². The zero-order chi connectivity index (χ0) is 25.4. The summed E-state index contributed by atoms with van der Waals surface area (Å²) >= 11 is 0. The average Bonchev–Trinajstić information content (AvgIpc) is 3.28. The minimum Gasteiger partial charge on any atom is -0.472 e. The Hall–Kier alpha value is -1.74. The number of epoxide rings is 1. The largest absolute Gasteiger partial charge is 0.472 e. The molecular weight excluding hydrogens is 452 g/mol. The number of rotatable bonds is 3. The van der Waals surface area contributed by atoms with Gasteiger partial charge in [-0.1, -0.05) is 13.8 Å². The third-order valence-corrected chi connectivity index (χ3v) is 10.8. The van der Waals surface area contributed by atoms with Crippen molar-refractivity contribution in [3.63, 3.8) is 0 Å². The number of ether oxygens (including phenoxy) is 4. The van der Waals surface area contributed by atoms with Gasteiger partial charge in [0.2, 0.25) is 0 Å². The second-order valence-electron chi connectivity index (χ2n) is 12.5. The molecule has 0 amide bonds. The van der Waals surface area contributed by atoms with E-state index in [1.807, 2.05) is 41.5 Å². The van der Waals surface area contributed by atoms with Crippen molar-refractivity contribution in [3.05, 3.63) is 24.2 Å². The summed E-state index contributed by atoms with van der Waals surface area (Å²) in [5.41, 5.74) is -3.75. The quantitative estimate of drug-likeness (QED) is 0.508. The van der Waals surface area contributed by atoms with Gasteiger partial charge in [0, 0.05) is 41.3 Å². The maximum atomic E-state index is 14.3. The van der Waals surface area contributed by atoms with E-state index in [0.717, 1.165) is 0 Å². The molecule has 5 aliphatic rings. The molecular formula is C27H36O8. The number of Topliss-reactive ketones (excluding diaryl/α,β-unsaturated/α-hetero) is 1. The third-order valence-electron chi connectivity index (χ3n) is 10.8. The summed E-state index contributed by atoms with van der Waals surface area (Å²) in [6.45, 7) is 14.2.